The van der Waals surface area contributed by atoms with E-state index >= 15 is 0 Å². The van der Waals surface area contributed by atoms with Crippen molar-refractivity contribution in [3.8, 4) is 11.5 Å². The molecule has 2 heterocycles. The molecule has 5 nitrogen and oxygen atoms in total. The normalized spacial score (nSPS) is 10.9. The van der Waals surface area contributed by atoms with E-state index in [1.165, 1.54) is 0 Å². The Morgan fingerprint density at radius 2 is 1.72 bits per heavy atom. The number of benzene rings is 3. The van der Waals surface area contributed by atoms with Crippen molar-refractivity contribution in [3.63, 3.8) is 0 Å². The minimum Gasteiger partial charge on any atom is -0.457 e. The van der Waals surface area contributed by atoms with Crippen LogP contribution in [0.5, 0.6) is 11.5 Å². The summed E-state index contributed by atoms with van der Waals surface area (Å²) in [5.41, 5.74) is 3.10. The van der Waals surface area contributed by atoms with E-state index in [0.717, 1.165) is 27.5 Å². The second-order valence-electron chi connectivity index (χ2n) is 6.66. The molecule has 0 unspecified atom stereocenters. The standard InChI is InChI=1S/C24H17N3O2/c28-24(27-22-15-26-20-10-3-1-8-18(20)22)16-6-5-7-17(14-16)29-23-12-13-25-21-11-4-2-9-19(21)23/h1-15,26H,(H,27,28). The quantitative estimate of drug-likeness (QED) is 0.417. The number of hydrogen-bond donors (Lipinski definition) is 2. The molecule has 0 aliphatic rings. The zero-order chi connectivity index (χ0) is 19.6. The summed E-state index contributed by atoms with van der Waals surface area (Å²) in [4.78, 5) is 20.3. The van der Waals surface area contributed by atoms with Crippen LogP contribution in [0.25, 0.3) is 21.8 Å². The van der Waals surface area contributed by atoms with Crippen molar-refractivity contribution in [1.82, 2.24) is 9.97 Å². The number of rotatable bonds is 4. The van der Waals surface area contributed by atoms with Gasteiger partial charge in [-0.15, -0.1) is 0 Å². The summed E-state index contributed by atoms with van der Waals surface area (Å²) in [5.74, 6) is 1.09. The first-order valence-corrected chi connectivity index (χ1v) is 9.27. The minimum atomic E-state index is -0.195. The number of pyridine rings is 1. The lowest BCUT2D eigenvalue weighted by Gasteiger charge is -2.10. The lowest BCUT2D eigenvalue weighted by molar-refractivity contribution is 0.102. The first kappa shape index (κ1) is 17.0. The number of nitrogens with zero attached hydrogens (tertiary/aromatic N) is 1. The van der Waals surface area contributed by atoms with Crippen molar-refractivity contribution in [2.24, 2.45) is 0 Å². The average molecular weight is 379 g/mol. The van der Waals surface area contributed by atoms with Crippen molar-refractivity contribution in [2.75, 3.05) is 5.32 Å². The fourth-order valence-corrected chi connectivity index (χ4v) is 3.36. The smallest absolute Gasteiger partial charge is 0.255 e. The number of aromatic nitrogens is 2. The molecule has 29 heavy (non-hydrogen) atoms. The molecule has 3 aromatic carbocycles. The molecule has 2 N–H and O–H groups in total. The van der Waals surface area contributed by atoms with Gasteiger partial charge in [-0.2, -0.15) is 0 Å². The fraction of sp³-hybridized carbons (Fsp3) is 0. The number of amides is 1. The second kappa shape index (κ2) is 7.13. The molecule has 0 atom stereocenters. The van der Waals surface area contributed by atoms with Gasteiger partial charge in [0.1, 0.15) is 11.5 Å². The van der Waals surface area contributed by atoms with Crippen LogP contribution >= 0.6 is 0 Å². The Labute approximate surface area is 167 Å². The summed E-state index contributed by atoms with van der Waals surface area (Å²) < 4.78 is 6.06. The van der Waals surface area contributed by atoms with Crippen molar-refractivity contribution in [2.45, 2.75) is 0 Å². The van der Waals surface area contributed by atoms with E-state index in [1.807, 2.05) is 66.7 Å². The maximum absolute atomic E-state index is 12.8. The molecule has 0 spiro atoms. The van der Waals surface area contributed by atoms with E-state index in [1.54, 1.807) is 24.5 Å². The maximum Gasteiger partial charge on any atom is 0.255 e. The Morgan fingerprint density at radius 1 is 0.897 bits per heavy atom. The third-order valence-electron chi connectivity index (χ3n) is 4.77. The highest BCUT2D eigenvalue weighted by molar-refractivity contribution is 6.09. The van der Waals surface area contributed by atoms with Crippen LogP contribution in [0, 0.1) is 0 Å². The van der Waals surface area contributed by atoms with E-state index in [2.05, 4.69) is 15.3 Å². The van der Waals surface area contributed by atoms with Crippen LogP contribution in [0.2, 0.25) is 0 Å². The topological polar surface area (TPSA) is 67.0 Å². The summed E-state index contributed by atoms with van der Waals surface area (Å²) in [6.07, 6.45) is 3.51. The zero-order valence-corrected chi connectivity index (χ0v) is 15.4. The van der Waals surface area contributed by atoms with Crippen molar-refractivity contribution in [3.05, 3.63) is 96.8 Å². The number of hydrogen-bond acceptors (Lipinski definition) is 3. The van der Waals surface area contributed by atoms with Gasteiger partial charge in [0.2, 0.25) is 0 Å². The highest BCUT2D eigenvalue weighted by Gasteiger charge is 2.11. The molecule has 5 aromatic rings. The van der Waals surface area contributed by atoms with E-state index in [4.69, 9.17) is 4.74 Å². The number of aromatic amines is 1. The van der Waals surface area contributed by atoms with Crippen LogP contribution in [0.3, 0.4) is 0 Å². The van der Waals surface area contributed by atoms with E-state index < -0.39 is 0 Å². The van der Waals surface area contributed by atoms with Crippen molar-refractivity contribution in [1.29, 1.82) is 0 Å². The van der Waals surface area contributed by atoms with Crippen molar-refractivity contribution < 1.29 is 9.53 Å². The predicted molar refractivity (Wildman–Crippen MR) is 115 cm³/mol. The van der Waals surface area contributed by atoms with Gasteiger partial charge in [0.15, 0.2) is 0 Å². The molecule has 0 radical (unpaired) electrons. The summed E-state index contributed by atoms with van der Waals surface area (Å²) in [7, 11) is 0. The Bertz CT molecular complexity index is 1340. The van der Waals surface area contributed by atoms with Crippen LogP contribution in [0.4, 0.5) is 5.69 Å². The van der Waals surface area contributed by atoms with E-state index in [-0.39, 0.29) is 5.91 Å². The monoisotopic (exact) mass is 379 g/mol. The molecule has 2 aromatic heterocycles. The van der Waals surface area contributed by atoms with Crippen molar-refractivity contribution >= 4 is 33.4 Å². The number of anilines is 1. The molecular weight excluding hydrogens is 362 g/mol. The third-order valence-corrected chi connectivity index (χ3v) is 4.77. The summed E-state index contributed by atoms with van der Waals surface area (Å²) >= 11 is 0. The molecule has 5 heteroatoms. The SMILES string of the molecule is O=C(Nc1c[nH]c2ccccc12)c1cccc(Oc2ccnc3ccccc23)c1. The molecule has 0 saturated heterocycles. The van der Waals surface area contributed by atoms with E-state index in [0.29, 0.717) is 17.1 Å². The van der Waals surface area contributed by atoms with Crippen LogP contribution in [0.15, 0.2) is 91.3 Å². The Hall–Kier alpha value is -4.12. The van der Waals surface area contributed by atoms with Crippen LogP contribution in [-0.2, 0) is 0 Å². The predicted octanol–water partition coefficient (Wildman–Crippen LogP) is 5.76. The number of carbonyl (C=O) groups is 1. The van der Waals surface area contributed by atoms with Gasteiger partial charge in [0.25, 0.3) is 5.91 Å². The van der Waals surface area contributed by atoms with Gasteiger partial charge >= 0.3 is 0 Å². The Kier molecular flexibility index (Phi) is 4.18. The Balaban J connectivity index is 1.41. The summed E-state index contributed by atoms with van der Waals surface area (Å²) in [6.45, 7) is 0. The molecule has 0 saturated carbocycles. The highest BCUT2D eigenvalue weighted by atomic mass is 16.5. The number of nitrogens with one attached hydrogen (secondary N) is 2. The number of fused-ring (bicyclic) bond motifs is 2. The average Bonchev–Trinajstić information content (AvgIpc) is 3.17. The molecule has 0 bridgehead atoms. The minimum absolute atomic E-state index is 0.195. The van der Waals surface area contributed by atoms with Gasteiger partial charge in [-0.1, -0.05) is 36.4 Å². The van der Waals surface area contributed by atoms with Gasteiger partial charge < -0.3 is 15.0 Å². The molecule has 0 aliphatic heterocycles. The second-order valence-corrected chi connectivity index (χ2v) is 6.66. The maximum atomic E-state index is 12.8. The van der Waals surface area contributed by atoms with Gasteiger partial charge in [-0.3, -0.25) is 9.78 Å². The van der Waals surface area contributed by atoms with Crippen LogP contribution in [0.1, 0.15) is 10.4 Å². The lowest BCUT2D eigenvalue weighted by Crippen LogP contribution is -2.11. The first-order valence-electron chi connectivity index (χ1n) is 9.27. The summed E-state index contributed by atoms with van der Waals surface area (Å²) in [6, 6.07) is 24.6. The van der Waals surface area contributed by atoms with Gasteiger partial charge in [0.05, 0.1) is 11.2 Å². The molecule has 1 amide bonds. The van der Waals surface area contributed by atoms with Gasteiger partial charge in [0, 0.05) is 34.2 Å². The zero-order valence-electron chi connectivity index (χ0n) is 15.4. The molecular formula is C24H17N3O2. The van der Waals surface area contributed by atoms with Gasteiger partial charge in [-0.05, 0) is 42.5 Å². The molecule has 140 valence electrons. The number of H-pyrrole nitrogens is 1. The number of para-hydroxylation sites is 2. The van der Waals surface area contributed by atoms with Crippen LogP contribution < -0.4 is 10.1 Å². The fourth-order valence-electron chi connectivity index (χ4n) is 3.36. The largest absolute Gasteiger partial charge is 0.457 e. The highest BCUT2D eigenvalue weighted by Crippen LogP contribution is 2.29. The van der Waals surface area contributed by atoms with E-state index in [9.17, 15) is 4.79 Å². The molecule has 0 fully saturated rings. The van der Waals surface area contributed by atoms with Crippen LogP contribution in [-0.4, -0.2) is 15.9 Å². The van der Waals surface area contributed by atoms with Gasteiger partial charge in [-0.25, -0.2) is 0 Å². The summed E-state index contributed by atoms with van der Waals surface area (Å²) in [5, 5.41) is 4.86. The first-order chi connectivity index (χ1) is 14.3. The lowest BCUT2D eigenvalue weighted by atomic mass is 10.2. The third kappa shape index (κ3) is 3.30. The Morgan fingerprint density at radius 3 is 2.66 bits per heavy atom. The number of carbonyl (C=O) groups excluding carboxylic acids is 1. The molecule has 5 rings (SSSR count). The number of ether oxygens (including phenoxy) is 1. The molecule has 0 aliphatic carbocycles.